The van der Waals surface area contributed by atoms with Crippen molar-refractivity contribution < 1.29 is 5.11 Å². The lowest BCUT2D eigenvalue weighted by Gasteiger charge is -2.10. The molecule has 0 aliphatic rings. The van der Waals surface area contributed by atoms with Gasteiger partial charge in [-0.05, 0) is 25.3 Å². The van der Waals surface area contributed by atoms with Crippen LogP contribution >= 0.6 is 0 Å². The zero-order chi connectivity index (χ0) is 9.68. The van der Waals surface area contributed by atoms with Gasteiger partial charge in [0.1, 0.15) is 0 Å². The van der Waals surface area contributed by atoms with Gasteiger partial charge in [-0.2, -0.15) is 0 Å². The molecule has 0 unspecified atom stereocenters. The van der Waals surface area contributed by atoms with E-state index < -0.39 is 0 Å². The number of aliphatic hydroxyl groups excluding tert-OH is 1. The van der Waals surface area contributed by atoms with Gasteiger partial charge in [0, 0.05) is 0 Å². The molecule has 1 aromatic carbocycles. The molecule has 0 aliphatic carbocycles. The molecule has 1 heteroatoms. The third-order valence-corrected chi connectivity index (χ3v) is 2.03. The minimum Gasteiger partial charge on any atom is -0.388 e. The normalized spacial score (nSPS) is 12.5. The first-order chi connectivity index (χ1) is 6.20. The van der Waals surface area contributed by atoms with E-state index in [1.807, 2.05) is 37.3 Å². The standard InChI is InChI=1S/C12H16O/c1-10(2)8-9-12(13)11-6-4-3-5-7-11/h3-7,12-13H,1,8-9H2,2H3/t12-/m1/s1. The summed E-state index contributed by atoms with van der Waals surface area (Å²) < 4.78 is 0. The largest absolute Gasteiger partial charge is 0.388 e. The van der Waals surface area contributed by atoms with Crippen LogP contribution in [0, 0.1) is 0 Å². The van der Waals surface area contributed by atoms with Crippen molar-refractivity contribution in [3.8, 4) is 0 Å². The van der Waals surface area contributed by atoms with Crippen molar-refractivity contribution in [3.63, 3.8) is 0 Å². The molecule has 0 aromatic heterocycles. The van der Waals surface area contributed by atoms with Crippen LogP contribution in [0.15, 0.2) is 42.5 Å². The van der Waals surface area contributed by atoms with E-state index in [0.29, 0.717) is 0 Å². The molecule has 0 heterocycles. The number of rotatable bonds is 4. The highest BCUT2D eigenvalue weighted by Crippen LogP contribution is 2.19. The van der Waals surface area contributed by atoms with Gasteiger partial charge in [-0.3, -0.25) is 0 Å². The molecule has 1 nitrogen and oxygen atoms in total. The molecular weight excluding hydrogens is 160 g/mol. The fourth-order valence-electron chi connectivity index (χ4n) is 1.22. The Morgan fingerprint density at radius 1 is 1.38 bits per heavy atom. The molecule has 70 valence electrons. The van der Waals surface area contributed by atoms with Crippen molar-refractivity contribution in [3.05, 3.63) is 48.0 Å². The molecule has 0 fully saturated rings. The number of hydrogen-bond donors (Lipinski definition) is 1. The van der Waals surface area contributed by atoms with Gasteiger partial charge in [0.05, 0.1) is 6.10 Å². The molecule has 1 aromatic rings. The molecule has 0 amide bonds. The summed E-state index contributed by atoms with van der Waals surface area (Å²) in [6, 6.07) is 9.74. The predicted molar refractivity (Wildman–Crippen MR) is 55.4 cm³/mol. The van der Waals surface area contributed by atoms with Crippen LogP contribution in [-0.2, 0) is 0 Å². The van der Waals surface area contributed by atoms with Crippen LogP contribution in [0.2, 0.25) is 0 Å². The Hall–Kier alpha value is -1.08. The molecule has 1 atom stereocenters. The van der Waals surface area contributed by atoms with Gasteiger partial charge in [-0.25, -0.2) is 0 Å². The average Bonchev–Trinajstić information content (AvgIpc) is 2.15. The summed E-state index contributed by atoms with van der Waals surface area (Å²) in [5, 5.41) is 9.73. The molecule has 0 radical (unpaired) electrons. The molecule has 0 saturated carbocycles. The zero-order valence-electron chi connectivity index (χ0n) is 8.03. The van der Waals surface area contributed by atoms with Gasteiger partial charge in [-0.15, -0.1) is 6.58 Å². The van der Waals surface area contributed by atoms with Crippen molar-refractivity contribution in [2.75, 3.05) is 0 Å². The fraction of sp³-hybridized carbons (Fsp3) is 0.333. The molecule has 0 aliphatic heterocycles. The summed E-state index contributed by atoms with van der Waals surface area (Å²) in [6.45, 7) is 5.79. The second kappa shape index (κ2) is 4.83. The van der Waals surface area contributed by atoms with E-state index in [9.17, 15) is 5.11 Å². The Bertz CT molecular complexity index is 264. The van der Waals surface area contributed by atoms with E-state index >= 15 is 0 Å². The SMILES string of the molecule is C=C(C)CC[C@@H](O)c1ccccc1. The Balaban J connectivity index is 2.49. The number of benzene rings is 1. The zero-order valence-corrected chi connectivity index (χ0v) is 8.03. The van der Waals surface area contributed by atoms with E-state index in [-0.39, 0.29) is 6.10 Å². The Morgan fingerprint density at radius 3 is 2.54 bits per heavy atom. The van der Waals surface area contributed by atoms with E-state index in [4.69, 9.17) is 0 Å². The van der Waals surface area contributed by atoms with Crippen LogP contribution in [0.5, 0.6) is 0 Å². The quantitative estimate of drug-likeness (QED) is 0.699. The van der Waals surface area contributed by atoms with Gasteiger partial charge in [0.25, 0.3) is 0 Å². The maximum absolute atomic E-state index is 9.73. The van der Waals surface area contributed by atoms with Crippen LogP contribution in [-0.4, -0.2) is 5.11 Å². The van der Waals surface area contributed by atoms with Gasteiger partial charge in [0.15, 0.2) is 0 Å². The van der Waals surface area contributed by atoms with E-state index in [0.717, 1.165) is 24.0 Å². The predicted octanol–water partition coefficient (Wildman–Crippen LogP) is 3.08. The summed E-state index contributed by atoms with van der Waals surface area (Å²) in [5.74, 6) is 0. The van der Waals surface area contributed by atoms with Crippen molar-refractivity contribution in [2.24, 2.45) is 0 Å². The Kier molecular flexibility index (Phi) is 3.71. The van der Waals surface area contributed by atoms with Gasteiger partial charge in [-0.1, -0.05) is 35.9 Å². The second-order valence-electron chi connectivity index (χ2n) is 3.42. The smallest absolute Gasteiger partial charge is 0.0793 e. The molecular formula is C12H16O. The first kappa shape index (κ1) is 10.0. The van der Waals surface area contributed by atoms with Crippen molar-refractivity contribution >= 4 is 0 Å². The van der Waals surface area contributed by atoms with Gasteiger partial charge in [0.2, 0.25) is 0 Å². The maximum Gasteiger partial charge on any atom is 0.0793 e. The summed E-state index contributed by atoms with van der Waals surface area (Å²) in [7, 11) is 0. The number of hydrogen-bond acceptors (Lipinski definition) is 1. The lowest BCUT2D eigenvalue weighted by molar-refractivity contribution is 0.168. The third kappa shape index (κ3) is 3.43. The summed E-state index contributed by atoms with van der Waals surface area (Å²) in [4.78, 5) is 0. The topological polar surface area (TPSA) is 20.2 Å². The minimum absolute atomic E-state index is 0.349. The van der Waals surface area contributed by atoms with Crippen LogP contribution in [0.25, 0.3) is 0 Å². The summed E-state index contributed by atoms with van der Waals surface area (Å²) in [6.07, 6.45) is 1.30. The highest BCUT2D eigenvalue weighted by molar-refractivity contribution is 5.17. The van der Waals surface area contributed by atoms with Crippen LogP contribution in [0.1, 0.15) is 31.4 Å². The highest BCUT2D eigenvalue weighted by atomic mass is 16.3. The minimum atomic E-state index is -0.349. The van der Waals surface area contributed by atoms with E-state index in [1.165, 1.54) is 0 Å². The van der Waals surface area contributed by atoms with E-state index in [2.05, 4.69) is 6.58 Å². The lowest BCUT2D eigenvalue weighted by Crippen LogP contribution is -1.96. The number of aliphatic hydroxyl groups is 1. The van der Waals surface area contributed by atoms with Crippen LogP contribution in [0.4, 0.5) is 0 Å². The van der Waals surface area contributed by atoms with Crippen molar-refractivity contribution in [1.29, 1.82) is 0 Å². The fourth-order valence-corrected chi connectivity index (χ4v) is 1.22. The average molecular weight is 176 g/mol. The highest BCUT2D eigenvalue weighted by Gasteiger charge is 2.05. The van der Waals surface area contributed by atoms with Crippen molar-refractivity contribution in [2.45, 2.75) is 25.9 Å². The van der Waals surface area contributed by atoms with Crippen LogP contribution < -0.4 is 0 Å². The molecule has 13 heavy (non-hydrogen) atoms. The molecule has 1 N–H and O–H groups in total. The lowest BCUT2D eigenvalue weighted by atomic mass is 10.0. The first-order valence-electron chi connectivity index (χ1n) is 4.57. The summed E-state index contributed by atoms with van der Waals surface area (Å²) in [5.41, 5.74) is 2.11. The van der Waals surface area contributed by atoms with E-state index in [1.54, 1.807) is 0 Å². The Labute approximate surface area is 79.7 Å². The second-order valence-corrected chi connectivity index (χ2v) is 3.42. The first-order valence-corrected chi connectivity index (χ1v) is 4.57. The monoisotopic (exact) mass is 176 g/mol. The van der Waals surface area contributed by atoms with Gasteiger partial charge < -0.3 is 5.11 Å². The third-order valence-electron chi connectivity index (χ3n) is 2.03. The maximum atomic E-state index is 9.73. The van der Waals surface area contributed by atoms with Crippen LogP contribution in [0.3, 0.4) is 0 Å². The van der Waals surface area contributed by atoms with Crippen molar-refractivity contribution in [1.82, 2.24) is 0 Å². The molecule has 0 spiro atoms. The molecule has 0 saturated heterocycles. The Morgan fingerprint density at radius 2 is 2.00 bits per heavy atom. The molecule has 1 rings (SSSR count). The summed E-state index contributed by atoms with van der Waals surface area (Å²) >= 11 is 0. The number of allylic oxidation sites excluding steroid dienone is 1. The van der Waals surface area contributed by atoms with Gasteiger partial charge >= 0.3 is 0 Å². The molecule has 0 bridgehead atoms.